The van der Waals surface area contributed by atoms with Crippen molar-refractivity contribution in [2.45, 2.75) is 70.2 Å². The van der Waals surface area contributed by atoms with Crippen LogP contribution in [-0.2, 0) is 32.3 Å². The van der Waals surface area contributed by atoms with Crippen LogP contribution in [0.2, 0.25) is 15.1 Å². The molecule has 0 heterocycles. The van der Waals surface area contributed by atoms with Gasteiger partial charge in [0.05, 0.1) is 31.2 Å². The van der Waals surface area contributed by atoms with E-state index in [1.54, 1.807) is 40.7 Å². The van der Waals surface area contributed by atoms with Gasteiger partial charge in [0.15, 0.2) is 0 Å². The molecule has 45 heavy (non-hydrogen) atoms. The van der Waals surface area contributed by atoms with Crippen LogP contribution in [-0.4, -0.2) is 43.3 Å². The topological polar surface area (TPSA) is 86.8 Å². The third kappa shape index (κ3) is 9.28. The van der Waals surface area contributed by atoms with Crippen LogP contribution in [0, 0.1) is 6.92 Å². The number of carbonyl (C=O) groups excluding carboxylic acids is 2. The lowest BCUT2D eigenvalue weighted by Gasteiger charge is -2.35. The summed E-state index contributed by atoms with van der Waals surface area (Å²) in [4.78, 5) is 28.5. The van der Waals surface area contributed by atoms with Crippen LogP contribution < -0.4 is 9.62 Å². The lowest BCUT2D eigenvalue weighted by molar-refractivity contribution is -0.141. The highest BCUT2D eigenvalue weighted by Crippen LogP contribution is 2.38. The van der Waals surface area contributed by atoms with E-state index in [0.29, 0.717) is 15.9 Å². The first kappa shape index (κ1) is 36.5. The van der Waals surface area contributed by atoms with E-state index in [1.165, 1.54) is 41.3 Å². The molecule has 0 aliphatic heterocycles. The minimum atomic E-state index is -4.91. The van der Waals surface area contributed by atoms with Crippen molar-refractivity contribution >= 4 is 62.3 Å². The van der Waals surface area contributed by atoms with Gasteiger partial charge in [0.25, 0.3) is 10.0 Å². The normalized spacial score (nSPS) is 12.9. The van der Waals surface area contributed by atoms with E-state index in [4.69, 9.17) is 34.8 Å². The molecule has 0 fully saturated rings. The van der Waals surface area contributed by atoms with Crippen LogP contribution >= 0.6 is 34.8 Å². The average Bonchev–Trinajstić information content (AvgIpc) is 2.92. The van der Waals surface area contributed by atoms with Crippen molar-refractivity contribution in [1.82, 2.24) is 10.2 Å². The highest BCUT2D eigenvalue weighted by molar-refractivity contribution is 7.92. The van der Waals surface area contributed by atoms with Crippen molar-refractivity contribution in [1.29, 1.82) is 0 Å². The summed E-state index contributed by atoms with van der Waals surface area (Å²) in [6, 6.07) is 11.8. The third-order valence-corrected chi connectivity index (χ3v) is 9.51. The van der Waals surface area contributed by atoms with Crippen molar-refractivity contribution in [2.24, 2.45) is 0 Å². The van der Waals surface area contributed by atoms with Gasteiger partial charge in [0, 0.05) is 12.1 Å². The zero-order valence-electron chi connectivity index (χ0n) is 25.2. The first-order valence-corrected chi connectivity index (χ1v) is 16.3. The molecule has 0 saturated carbocycles. The van der Waals surface area contributed by atoms with Gasteiger partial charge in [0.1, 0.15) is 12.6 Å². The maximum absolute atomic E-state index is 14.2. The van der Waals surface area contributed by atoms with Gasteiger partial charge in [-0.1, -0.05) is 65.5 Å². The average molecular weight is 707 g/mol. The SMILES string of the molecule is CC[C@@H](C(=O)NC(C)(C)C)N(Cc1ccc(Cl)c(Cl)c1)C(=O)CN(c1ccc(Cl)c(C(F)(F)F)c1)S(=O)(=O)c1ccc(C)cc1. The van der Waals surface area contributed by atoms with Gasteiger partial charge < -0.3 is 10.2 Å². The molecule has 0 unspecified atom stereocenters. The summed E-state index contributed by atoms with van der Waals surface area (Å²) in [5, 5.41) is 2.65. The molecule has 1 atom stereocenters. The number of hydrogen-bond donors (Lipinski definition) is 1. The number of nitrogens with one attached hydrogen (secondary N) is 1. The van der Waals surface area contributed by atoms with E-state index in [-0.39, 0.29) is 27.9 Å². The second kappa shape index (κ2) is 14.2. The first-order chi connectivity index (χ1) is 20.7. The Bertz CT molecular complexity index is 1660. The Labute approximate surface area is 276 Å². The number of rotatable bonds is 10. The fourth-order valence-electron chi connectivity index (χ4n) is 4.46. The molecule has 0 radical (unpaired) electrons. The largest absolute Gasteiger partial charge is 0.417 e. The van der Waals surface area contributed by atoms with Crippen molar-refractivity contribution in [3.05, 3.63) is 92.4 Å². The van der Waals surface area contributed by atoms with Crippen LogP contribution in [0.15, 0.2) is 65.6 Å². The number of amides is 2. The molecular formula is C31H33Cl3F3N3O4S. The zero-order valence-corrected chi connectivity index (χ0v) is 28.3. The molecule has 7 nitrogen and oxygen atoms in total. The van der Waals surface area contributed by atoms with Crippen LogP contribution in [0.4, 0.5) is 18.9 Å². The first-order valence-electron chi connectivity index (χ1n) is 13.8. The van der Waals surface area contributed by atoms with Crippen LogP contribution in [0.5, 0.6) is 0 Å². The monoisotopic (exact) mass is 705 g/mol. The highest BCUT2D eigenvalue weighted by Gasteiger charge is 2.37. The van der Waals surface area contributed by atoms with Gasteiger partial charge in [-0.3, -0.25) is 13.9 Å². The summed E-state index contributed by atoms with van der Waals surface area (Å²) in [6.45, 7) is 7.58. The van der Waals surface area contributed by atoms with Crippen molar-refractivity contribution in [2.75, 3.05) is 10.8 Å². The molecule has 1 N–H and O–H groups in total. The number of hydrogen-bond acceptors (Lipinski definition) is 4. The molecule has 0 aromatic heterocycles. The molecule has 2 amide bonds. The van der Waals surface area contributed by atoms with Crippen LogP contribution in [0.1, 0.15) is 50.8 Å². The fraction of sp³-hybridized carbons (Fsp3) is 0.355. The van der Waals surface area contributed by atoms with Gasteiger partial charge in [-0.15, -0.1) is 0 Å². The number of benzene rings is 3. The summed E-state index contributed by atoms with van der Waals surface area (Å²) in [6.07, 6.45) is -4.77. The molecule has 14 heteroatoms. The minimum absolute atomic E-state index is 0.138. The number of aryl methyl sites for hydroxylation is 1. The predicted molar refractivity (Wildman–Crippen MR) is 171 cm³/mol. The second-order valence-corrected chi connectivity index (χ2v) is 14.5. The van der Waals surface area contributed by atoms with E-state index in [2.05, 4.69) is 5.32 Å². The van der Waals surface area contributed by atoms with E-state index < -0.39 is 62.4 Å². The maximum atomic E-state index is 14.2. The third-order valence-electron chi connectivity index (χ3n) is 6.65. The molecule has 0 bridgehead atoms. The summed E-state index contributed by atoms with van der Waals surface area (Å²) < 4.78 is 70.0. The Hall–Kier alpha value is -2.99. The molecule has 0 aliphatic rings. The van der Waals surface area contributed by atoms with Crippen molar-refractivity contribution in [3.63, 3.8) is 0 Å². The fourth-order valence-corrected chi connectivity index (χ4v) is 6.41. The molecule has 0 aliphatic carbocycles. The standard InChI is InChI=1S/C31H33Cl3F3N3O4S/c1-6-27(29(42)38-30(3,4)5)39(17-20-9-13-25(33)26(34)15-20)28(41)18-40(45(43,44)22-11-7-19(2)8-12-22)21-10-14-24(32)23(16-21)31(35,36)37/h7-16,27H,6,17-18H2,1-5H3,(H,38,42)/t27-/m0/s1. The Morgan fingerprint density at radius 3 is 2.02 bits per heavy atom. The maximum Gasteiger partial charge on any atom is 0.417 e. The van der Waals surface area contributed by atoms with Gasteiger partial charge >= 0.3 is 6.18 Å². The second-order valence-electron chi connectivity index (χ2n) is 11.4. The van der Waals surface area contributed by atoms with E-state index >= 15 is 0 Å². The Kier molecular flexibility index (Phi) is 11.5. The summed E-state index contributed by atoms with van der Waals surface area (Å²) >= 11 is 18.1. The van der Waals surface area contributed by atoms with E-state index in [9.17, 15) is 31.2 Å². The number of carbonyl (C=O) groups is 2. The van der Waals surface area contributed by atoms with Crippen molar-refractivity contribution in [3.8, 4) is 0 Å². The number of alkyl halides is 3. The summed E-state index contributed by atoms with van der Waals surface area (Å²) in [5.74, 6) is -1.35. The molecular weight excluding hydrogens is 674 g/mol. The Balaban J connectivity index is 2.18. The molecule has 3 aromatic carbocycles. The summed E-state index contributed by atoms with van der Waals surface area (Å²) in [7, 11) is -4.60. The van der Waals surface area contributed by atoms with Gasteiger partial charge in [-0.05, 0) is 82.1 Å². The molecule has 3 aromatic rings. The molecule has 0 spiro atoms. The number of halogens is 6. The van der Waals surface area contributed by atoms with Gasteiger partial charge in [-0.25, -0.2) is 8.42 Å². The molecule has 3 rings (SSSR count). The number of nitrogens with zero attached hydrogens (tertiary/aromatic N) is 2. The smallest absolute Gasteiger partial charge is 0.350 e. The summed E-state index contributed by atoms with van der Waals surface area (Å²) in [5.41, 5.74) is -1.16. The van der Waals surface area contributed by atoms with E-state index in [1.807, 2.05) is 0 Å². The zero-order chi connectivity index (χ0) is 33.9. The van der Waals surface area contributed by atoms with Crippen LogP contribution in [0.25, 0.3) is 0 Å². The van der Waals surface area contributed by atoms with E-state index in [0.717, 1.165) is 17.7 Å². The quantitative estimate of drug-likeness (QED) is 0.232. The van der Waals surface area contributed by atoms with Crippen LogP contribution in [0.3, 0.4) is 0 Å². The predicted octanol–water partition coefficient (Wildman–Crippen LogP) is 7.89. The number of anilines is 1. The molecule has 244 valence electrons. The Morgan fingerprint density at radius 2 is 1.49 bits per heavy atom. The molecule has 0 saturated heterocycles. The highest BCUT2D eigenvalue weighted by atomic mass is 35.5. The van der Waals surface area contributed by atoms with Gasteiger partial charge in [0.2, 0.25) is 11.8 Å². The lowest BCUT2D eigenvalue weighted by Crippen LogP contribution is -2.55. The number of sulfonamides is 1. The Morgan fingerprint density at radius 1 is 0.889 bits per heavy atom. The lowest BCUT2D eigenvalue weighted by atomic mass is 10.1. The van der Waals surface area contributed by atoms with Gasteiger partial charge in [-0.2, -0.15) is 13.2 Å². The minimum Gasteiger partial charge on any atom is -0.350 e. The van der Waals surface area contributed by atoms with Crippen molar-refractivity contribution < 1.29 is 31.2 Å².